The van der Waals surface area contributed by atoms with Crippen molar-refractivity contribution in [3.05, 3.63) is 51.3 Å². The fourth-order valence-electron chi connectivity index (χ4n) is 2.49. The minimum Gasteiger partial charge on any atom is -0.469 e. The molecule has 0 aliphatic carbocycles. The van der Waals surface area contributed by atoms with Gasteiger partial charge in [0, 0.05) is 22.9 Å². The van der Waals surface area contributed by atoms with E-state index < -0.39 is 0 Å². The zero-order chi connectivity index (χ0) is 17.6. The van der Waals surface area contributed by atoms with Crippen molar-refractivity contribution >= 4 is 28.1 Å². The van der Waals surface area contributed by atoms with E-state index in [1.807, 2.05) is 19.2 Å². The van der Waals surface area contributed by atoms with E-state index in [4.69, 9.17) is 10.3 Å². The molecule has 4 rings (SSSR count). The van der Waals surface area contributed by atoms with E-state index in [2.05, 4.69) is 15.2 Å². The Morgan fingerprint density at radius 3 is 2.96 bits per heavy atom. The van der Waals surface area contributed by atoms with Crippen LogP contribution in [0.4, 0.5) is 0 Å². The maximum Gasteiger partial charge on any atom is 0.258 e. The average Bonchev–Trinajstić information content (AvgIpc) is 3.26. The minimum absolute atomic E-state index is 0.0803. The maximum atomic E-state index is 12.2. The van der Waals surface area contributed by atoms with Crippen LogP contribution >= 0.6 is 23.1 Å². The van der Waals surface area contributed by atoms with E-state index in [1.165, 1.54) is 33.8 Å². The molecule has 0 atom stereocenters. The molecule has 0 unspecified atom stereocenters. The van der Waals surface area contributed by atoms with Gasteiger partial charge in [0.2, 0.25) is 5.16 Å². The summed E-state index contributed by atoms with van der Waals surface area (Å²) in [5, 5.41) is 10.7. The predicted molar refractivity (Wildman–Crippen MR) is 96.2 cm³/mol. The molecule has 0 aliphatic heterocycles. The van der Waals surface area contributed by atoms with Gasteiger partial charge < -0.3 is 10.3 Å². The van der Waals surface area contributed by atoms with Crippen LogP contribution < -0.4 is 11.4 Å². The number of nitrogens with two attached hydrogens (primary N) is 1. The number of thiazole rings is 1. The number of fused-ring (bicyclic) bond motifs is 1. The fourth-order valence-corrected chi connectivity index (χ4v) is 4.13. The Labute approximate surface area is 150 Å². The van der Waals surface area contributed by atoms with Gasteiger partial charge in [0.15, 0.2) is 10.8 Å². The molecule has 0 amide bonds. The van der Waals surface area contributed by atoms with Gasteiger partial charge in [0.25, 0.3) is 5.56 Å². The highest BCUT2D eigenvalue weighted by molar-refractivity contribution is 7.98. The summed E-state index contributed by atoms with van der Waals surface area (Å²) in [6, 6.07) is 3.34. The number of rotatable bonds is 4. The van der Waals surface area contributed by atoms with Gasteiger partial charge in [0.05, 0.1) is 17.5 Å². The molecule has 4 aromatic rings. The summed E-state index contributed by atoms with van der Waals surface area (Å²) in [5.41, 5.74) is 2.29. The second-order valence-corrected chi connectivity index (χ2v) is 7.22. The molecule has 25 heavy (non-hydrogen) atoms. The average molecular weight is 374 g/mol. The molecular formula is C15H14N6O2S2. The summed E-state index contributed by atoms with van der Waals surface area (Å²) in [6.07, 6.45) is 1.59. The minimum atomic E-state index is -0.0803. The topological polar surface area (TPSA) is 104 Å². The van der Waals surface area contributed by atoms with Gasteiger partial charge >= 0.3 is 0 Å². The third kappa shape index (κ3) is 2.72. The molecule has 0 aromatic carbocycles. The normalized spacial score (nSPS) is 11.4. The van der Waals surface area contributed by atoms with Gasteiger partial charge in [-0.3, -0.25) is 9.20 Å². The van der Waals surface area contributed by atoms with Crippen LogP contribution in [-0.4, -0.2) is 24.3 Å². The number of thioether (sulfide) groups is 1. The summed E-state index contributed by atoms with van der Waals surface area (Å²) in [5.74, 6) is 7.83. The molecule has 0 radical (unpaired) electrons. The Morgan fingerprint density at radius 2 is 2.20 bits per heavy atom. The first-order chi connectivity index (χ1) is 12.0. The van der Waals surface area contributed by atoms with Gasteiger partial charge in [-0.25, -0.2) is 9.66 Å². The van der Waals surface area contributed by atoms with E-state index in [0.717, 1.165) is 17.0 Å². The zero-order valence-electron chi connectivity index (χ0n) is 13.5. The quantitative estimate of drug-likeness (QED) is 0.431. The molecule has 2 N–H and O–H groups in total. The van der Waals surface area contributed by atoms with Crippen molar-refractivity contribution in [1.29, 1.82) is 0 Å². The molecule has 0 aliphatic rings. The lowest BCUT2D eigenvalue weighted by molar-refractivity contribution is 0.535. The van der Waals surface area contributed by atoms with Gasteiger partial charge in [0.1, 0.15) is 5.76 Å². The molecule has 4 aromatic heterocycles. The van der Waals surface area contributed by atoms with Gasteiger partial charge in [-0.05, 0) is 19.9 Å². The molecule has 8 nitrogen and oxygen atoms in total. The Balaban J connectivity index is 1.59. The monoisotopic (exact) mass is 374 g/mol. The summed E-state index contributed by atoms with van der Waals surface area (Å²) in [4.78, 5) is 17.4. The van der Waals surface area contributed by atoms with Crippen LogP contribution in [0.5, 0.6) is 0 Å². The highest BCUT2D eigenvalue weighted by Crippen LogP contribution is 2.26. The van der Waals surface area contributed by atoms with Crippen molar-refractivity contribution < 1.29 is 4.42 Å². The molecule has 0 spiro atoms. The number of aryl methyl sites for hydroxylation is 2. The van der Waals surface area contributed by atoms with Gasteiger partial charge in [-0.2, -0.15) is 0 Å². The molecule has 0 saturated carbocycles. The number of aromatic nitrogens is 5. The van der Waals surface area contributed by atoms with Crippen molar-refractivity contribution in [3.8, 4) is 11.4 Å². The summed E-state index contributed by atoms with van der Waals surface area (Å²) in [7, 11) is 0. The van der Waals surface area contributed by atoms with Crippen LogP contribution in [0.2, 0.25) is 0 Å². The highest BCUT2D eigenvalue weighted by atomic mass is 32.2. The third-order valence-electron chi connectivity index (χ3n) is 3.74. The lowest BCUT2D eigenvalue weighted by Crippen LogP contribution is -2.15. The first-order valence-electron chi connectivity index (χ1n) is 7.39. The number of hydrogen-bond acceptors (Lipinski definition) is 8. The largest absolute Gasteiger partial charge is 0.469 e. The Morgan fingerprint density at radius 1 is 1.36 bits per heavy atom. The molecule has 0 fully saturated rings. The second-order valence-electron chi connectivity index (χ2n) is 5.44. The van der Waals surface area contributed by atoms with Crippen molar-refractivity contribution in [2.75, 3.05) is 5.84 Å². The molecule has 128 valence electrons. The SMILES string of the molecule is Cc1occc1-c1nnc(SCc2cc(=O)n3c(C)csc3n2)n1N. The first-order valence-corrected chi connectivity index (χ1v) is 9.25. The Hall–Kier alpha value is -2.59. The van der Waals surface area contributed by atoms with Gasteiger partial charge in [-0.15, -0.1) is 21.5 Å². The van der Waals surface area contributed by atoms with Crippen LogP contribution in [0.1, 0.15) is 17.1 Å². The first kappa shape index (κ1) is 15.9. The smallest absolute Gasteiger partial charge is 0.258 e. The second kappa shape index (κ2) is 6.05. The van der Waals surface area contributed by atoms with Crippen LogP contribution in [-0.2, 0) is 5.75 Å². The van der Waals surface area contributed by atoms with Crippen LogP contribution in [0.15, 0.2) is 38.1 Å². The van der Waals surface area contributed by atoms with E-state index in [1.54, 1.807) is 16.7 Å². The molecule has 0 bridgehead atoms. The Bertz CT molecular complexity index is 1120. The van der Waals surface area contributed by atoms with E-state index in [-0.39, 0.29) is 5.56 Å². The van der Waals surface area contributed by atoms with Crippen molar-refractivity contribution in [3.63, 3.8) is 0 Å². The van der Waals surface area contributed by atoms with E-state index >= 15 is 0 Å². The fraction of sp³-hybridized carbons (Fsp3) is 0.200. The molecular weight excluding hydrogens is 360 g/mol. The van der Waals surface area contributed by atoms with Crippen molar-refractivity contribution in [2.45, 2.75) is 24.8 Å². The number of hydrogen-bond donors (Lipinski definition) is 1. The number of furan rings is 1. The Kier molecular flexibility index (Phi) is 3.85. The predicted octanol–water partition coefficient (Wildman–Crippen LogP) is 2.23. The zero-order valence-corrected chi connectivity index (χ0v) is 15.1. The molecule has 4 heterocycles. The maximum absolute atomic E-state index is 12.2. The number of nitrogen functional groups attached to an aromatic ring is 1. The highest BCUT2D eigenvalue weighted by Gasteiger charge is 2.16. The standard InChI is InChI=1S/C15H14N6O2S2/c1-8-6-24-14-17-10(5-12(22)20(8)14)7-25-15-19-18-13(21(15)16)11-3-4-23-9(11)2/h3-6H,7,16H2,1-2H3. The molecule has 10 heteroatoms. The van der Waals surface area contributed by atoms with Crippen molar-refractivity contribution in [1.82, 2.24) is 24.3 Å². The van der Waals surface area contributed by atoms with Crippen molar-refractivity contribution in [2.24, 2.45) is 0 Å². The third-order valence-corrected chi connectivity index (χ3v) is 5.66. The summed E-state index contributed by atoms with van der Waals surface area (Å²) in [6.45, 7) is 3.73. The number of nitrogens with zero attached hydrogens (tertiary/aromatic N) is 5. The van der Waals surface area contributed by atoms with E-state index in [0.29, 0.717) is 27.4 Å². The lowest BCUT2D eigenvalue weighted by Gasteiger charge is -2.03. The van der Waals surface area contributed by atoms with Crippen LogP contribution in [0.3, 0.4) is 0 Å². The van der Waals surface area contributed by atoms with Gasteiger partial charge in [-0.1, -0.05) is 11.8 Å². The summed E-state index contributed by atoms with van der Waals surface area (Å²) >= 11 is 2.82. The van der Waals surface area contributed by atoms with Crippen LogP contribution in [0, 0.1) is 13.8 Å². The van der Waals surface area contributed by atoms with Crippen LogP contribution in [0.25, 0.3) is 16.3 Å². The van der Waals surface area contributed by atoms with E-state index in [9.17, 15) is 4.79 Å². The lowest BCUT2D eigenvalue weighted by atomic mass is 10.2. The molecule has 0 saturated heterocycles. The summed E-state index contributed by atoms with van der Waals surface area (Å²) < 4.78 is 8.30.